The zero-order chi connectivity index (χ0) is 19.4. The molecule has 0 radical (unpaired) electrons. The number of benzene rings is 2. The number of rotatable bonds is 7. The molecule has 7 heteroatoms. The summed E-state index contributed by atoms with van der Waals surface area (Å²) in [4.78, 5) is 4.60. The van der Waals surface area contributed by atoms with Crippen molar-refractivity contribution in [3.05, 3.63) is 59.1 Å². The molecular weight excluding hydrogens is 382 g/mol. The van der Waals surface area contributed by atoms with E-state index in [1.807, 2.05) is 14.1 Å². The van der Waals surface area contributed by atoms with E-state index >= 15 is 0 Å². The van der Waals surface area contributed by atoms with Crippen molar-refractivity contribution in [2.24, 2.45) is 0 Å². The molecule has 1 aliphatic heterocycles. The van der Waals surface area contributed by atoms with Crippen molar-refractivity contribution in [3.8, 4) is 0 Å². The van der Waals surface area contributed by atoms with Gasteiger partial charge in [-0.1, -0.05) is 29.8 Å². The zero-order valence-electron chi connectivity index (χ0n) is 15.7. The Morgan fingerprint density at radius 2 is 1.78 bits per heavy atom. The van der Waals surface area contributed by atoms with Crippen LogP contribution >= 0.6 is 11.6 Å². The Morgan fingerprint density at radius 3 is 2.37 bits per heavy atom. The molecule has 0 bridgehead atoms. The van der Waals surface area contributed by atoms with E-state index in [9.17, 15) is 8.42 Å². The Kier molecular flexibility index (Phi) is 6.42. The van der Waals surface area contributed by atoms with Crippen molar-refractivity contribution in [3.63, 3.8) is 0 Å². The van der Waals surface area contributed by atoms with E-state index < -0.39 is 10.0 Å². The van der Waals surface area contributed by atoms with Gasteiger partial charge in [-0.3, -0.25) is 4.90 Å². The lowest BCUT2D eigenvalue weighted by atomic mass is 10.1. The van der Waals surface area contributed by atoms with E-state index in [1.54, 1.807) is 18.2 Å². The first-order valence-electron chi connectivity index (χ1n) is 9.13. The van der Waals surface area contributed by atoms with Crippen LogP contribution < -0.4 is 9.62 Å². The Morgan fingerprint density at radius 1 is 1.11 bits per heavy atom. The second-order valence-electron chi connectivity index (χ2n) is 7.05. The van der Waals surface area contributed by atoms with E-state index in [-0.39, 0.29) is 10.9 Å². The molecule has 146 valence electrons. The third-order valence-corrected chi connectivity index (χ3v) is 6.61. The Labute approximate surface area is 167 Å². The van der Waals surface area contributed by atoms with Crippen molar-refractivity contribution < 1.29 is 8.42 Å². The fraction of sp³-hybridized carbons (Fsp3) is 0.400. The van der Waals surface area contributed by atoms with E-state index in [1.165, 1.54) is 6.07 Å². The van der Waals surface area contributed by atoms with E-state index in [2.05, 4.69) is 38.8 Å². The van der Waals surface area contributed by atoms with E-state index in [0.29, 0.717) is 11.6 Å². The number of halogens is 1. The predicted octanol–water partition coefficient (Wildman–Crippen LogP) is 3.52. The first-order chi connectivity index (χ1) is 12.9. The summed E-state index contributed by atoms with van der Waals surface area (Å²) in [5.41, 5.74) is 2.25. The second kappa shape index (κ2) is 8.61. The molecule has 0 spiro atoms. The van der Waals surface area contributed by atoms with Crippen molar-refractivity contribution in [1.82, 2.24) is 9.62 Å². The number of likely N-dealkylation sites (tertiary alicyclic amines) is 1. The van der Waals surface area contributed by atoms with Crippen LogP contribution in [0.15, 0.2) is 53.4 Å². The number of hydrogen-bond donors (Lipinski definition) is 1. The van der Waals surface area contributed by atoms with Gasteiger partial charge >= 0.3 is 0 Å². The number of nitrogens with one attached hydrogen (secondary N) is 1. The minimum Gasteiger partial charge on any atom is -0.378 e. The Balaban J connectivity index is 1.79. The Bertz CT molecular complexity index is 863. The minimum absolute atomic E-state index is 0.0117. The molecule has 0 amide bonds. The lowest BCUT2D eigenvalue weighted by Gasteiger charge is -2.28. The lowest BCUT2D eigenvalue weighted by Crippen LogP contribution is -2.36. The molecule has 1 N–H and O–H groups in total. The third-order valence-electron chi connectivity index (χ3n) is 4.95. The summed E-state index contributed by atoms with van der Waals surface area (Å²) in [6.45, 7) is 2.30. The monoisotopic (exact) mass is 407 g/mol. The average molecular weight is 408 g/mol. The molecule has 1 unspecified atom stereocenters. The molecule has 0 saturated carbocycles. The van der Waals surface area contributed by atoms with E-state index in [0.717, 1.165) is 37.2 Å². The van der Waals surface area contributed by atoms with Crippen LogP contribution in [0, 0.1) is 0 Å². The zero-order valence-corrected chi connectivity index (χ0v) is 17.3. The molecule has 0 aliphatic carbocycles. The molecule has 2 aromatic carbocycles. The van der Waals surface area contributed by atoms with Gasteiger partial charge in [-0.25, -0.2) is 13.1 Å². The van der Waals surface area contributed by atoms with Crippen LogP contribution in [-0.2, 0) is 10.0 Å². The maximum atomic E-state index is 12.7. The summed E-state index contributed by atoms with van der Waals surface area (Å²) in [6.07, 6.45) is 2.29. The van der Waals surface area contributed by atoms with Gasteiger partial charge in [0.2, 0.25) is 10.0 Å². The number of anilines is 1. The molecule has 1 atom stereocenters. The first kappa shape index (κ1) is 20.1. The summed E-state index contributed by atoms with van der Waals surface area (Å²) in [6, 6.07) is 14.7. The van der Waals surface area contributed by atoms with Crippen LogP contribution in [0.5, 0.6) is 0 Å². The number of hydrogen-bond acceptors (Lipinski definition) is 4. The minimum atomic E-state index is -3.61. The standard InChI is InChI=1S/C20H26ClN3O2S/c1-23(2)18-10-8-16(9-11-18)20(24-12-3-4-13-24)15-22-27(25,26)19-7-5-6-17(21)14-19/h5-11,14,20,22H,3-4,12-13,15H2,1-2H3. The number of sulfonamides is 1. The molecule has 0 aromatic heterocycles. The summed E-state index contributed by atoms with van der Waals surface area (Å²) >= 11 is 5.95. The summed E-state index contributed by atoms with van der Waals surface area (Å²) in [7, 11) is 0.406. The highest BCUT2D eigenvalue weighted by molar-refractivity contribution is 7.89. The third kappa shape index (κ3) is 5.02. The molecule has 3 rings (SSSR count). The van der Waals surface area contributed by atoms with Gasteiger partial charge in [0.15, 0.2) is 0 Å². The van der Waals surface area contributed by atoms with Crippen LogP contribution in [0.2, 0.25) is 5.02 Å². The predicted molar refractivity (Wildman–Crippen MR) is 111 cm³/mol. The first-order valence-corrected chi connectivity index (χ1v) is 11.0. The maximum Gasteiger partial charge on any atom is 0.240 e. The van der Waals surface area contributed by atoms with Crippen LogP contribution in [-0.4, -0.2) is 47.0 Å². The number of nitrogens with zero attached hydrogens (tertiary/aromatic N) is 2. The summed E-state index contributed by atoms with van der Waals surface area (Å²) in [5.74, 6) is 0. The van der Waals surface area contributed by atoms with Gasteiger partial charge in [0.05, 0.1) is 4.90 Å². The van der Waals surface area contributed by atoms with Crippen molar-refractivity contribution in [2.75, 3.05) is 38.6 Å². The molecule has 1 fully saturated rings. The van der Waals surface area contributed by atoms with Crippen molar-refractivity contribution >= 4 is 27.3 Å². The molecular formula is C20H26ClN3O2S. The van der Waals surface area contributed by atoms with Crippen molar-refractivity contribution in [1.29, 1.82) is 0 Å². The molecule has 1 aliphatic rings. The van der Waals surface area contributed by atoms with Crippen LogP contribution in [0.3, 0.4) is 0 Å². The van der Waals surface area contributed by atoms with Gasteiger partial charge in [-0.15, -0.1) is 0 Å². The highest BCUT2D eigenvalue weighted by Crippen LogP contribution is 2.27. The van der Waals surface area contributed by atoms with E-state index in [4.69, 9.17) is 11.6 Å². The fourth-order valence-electron chi connectivity index (χ4n) is 3.41. The van der Waals surface area contributed by atoms with Gasteiger partial charge in [-0.05, 0) is 61.8 Å². The van der Waals surface area contributed by atoms with Crippen LogP contribution in [0.1, 0.15) is 24.4 Å². The van der Waals surface area contributed by atoms with Crippen LogP contribution in [0.4, 0.5) is 5.69 Å². The molecule has 27 heavy (non-hydrogen) atoms. The van der Waals surface area contributed by atoms with Crippen LogP contribution in [0.25, 0.3) is 0 Å². The topological polar surface area (TPSA) is 52.7 Å². The molecule has 5 nitrogen and oxygen atoms in total. The van der Waals surface area contributed by atoms with Gasteiger partial charge in [-0.2, -0.15) is 0 Å². The quantitative estimate of drug-likeness (QED) is 0.762. The van der Waals surface area contributed by atoms with Crippen molar-refractivity contribution in [2.45, 2.75) is 23.8 Å². The van der Waals surface area contributed by atoms with Gasteiger partial charge in [0.1, 0.15) is 0 Å². The smallest absolute Gasteiger partial charge is 0.240 e. The summed E-state index contributed by atoms with van der Waals surface area (Å²) in [5, 5.41) is 0.410. The maximum absolute atomic E-state index is 12.7. The molecule has 1 saturated heterocycles. The highest BCUT2D eigenvalue weighted by Gasteiger charge is 2.25. The van der Waals surface area contributed by atoms with Gasteiger partial charge in [0.25, 0.3) is 0 Å². The normalized spacial score (nSPS) is 16.4. The average Bonchev–Trinajstić information content (AvgIpc) is 3.16. The van der Waals surface area contributed by atoms with Gasteiger partial charge in [0, 0.05) is 37.4 Å². The SMILES string of the molecule is CN(C)c1ccc(C(CNS(=O)(=O)c2cccc(Cl)c2)N2CCCC2)cc1. The summed E-state index contributed by atoms with van der Waals surface area (Å²) < 4.78 is 28.1. The largest absolute Gasteiger partial charge is 0.378 e. The molecule has 2 aromatic rings. The highest BCUT2D eigenvalue weighted by atomic mass is 35.5. The second-order valence-corrected chi connectivity index (χ2v) is 9.26. The fourth-order valence-corrected chi connectivity index (χ4v) is 4.75. The Hall–Kier alpha value is -1.60. The van der Waals surface area contributed by atoms with Gasteiger partial charge < -0.3 is 4.90 Å². The molecule has 1 heterocycles. The lowest BCUT2D eigenvalue weighted by molar-refractivity contribution is 0.246.